The van der Waals surface area contributed by atoms with E-state index in [1.807, 2.05) is 54.6 Å². The van der Waals surface area contributed by atoms with Crippen LogP contribution in [-0.2, 0) is 16.1 Å². The zero-order valence-corrected chi connectivity index (χ0v) is 21.0. The van der Waals surface area contributed by atoms with E-state index in [1.165, 1.54) is 4.90 Å². The highest BCUT2D eigenvalue weighted by molar-refractivity contribution is 9.10. The van der Waals surface area contributed by atoms with E-state index in [1.54, 1.807) is 17.9 Å². The molecule has 1 unspecified atom stereocenters. The average molecular weight is 522 g/mol. The monoisotopic (exact) mass is 521 g/mol. The number of nitrogens with zero attached hydrogens (tertiary/aromatic N) is 2. The summed E-state index contributed by atoms with van der Waals surface area (Å²) in [5.41, 5.74) is 2.24. The highest BCUT2D eigenvalue weighted by Crippen LogP contribution is 2.37. The van der Waals surface area contributed by atoms with Gasteiger partial charge in [-0.25, -0.2) is 0 Å². The Labute approximate surface area is 208 Å². The van der Waals surface area contributed by atoms with Crippen LogP contribution >= 0.6 is 15.9 Å². The highest BCUT2D eigenvalue weighted by atomic mass is 79.9. The second-order valence-corrected chi connectivity index (χ2v) is 9.46. The number of benzene rings is 3. The van der Waals surface area contributed by atoms with E-state index in [9.17, 15) is 14.4 Å². The number of hydrogen-bond donors (Lipinski definition) is 1. The van der Waals surface area contributed by atoms with Crippen LogP contribution in [0, 0.1) is 0 Å². The molecule has 3 aromatic rings. The quantitative estimate of drug-likeness (QED) is 0.407. The lowest BCUT2D eigenvalue weighted by Gasteiger charge is -2.30. The first-order valence-electron chi connectivity index (χ1n) is 11.6. The van der Waals surface area contributed by atoms with Gasteiger partial charge in [-0.15, -0.1) is 0 Å². The average Bonchev–Trinajstić information content (AvgIpc) is 3.11. The largest absolute Gasteiger partial charge is 0.354 e. The summed E-state index contributed by atoms with van der Waals surface area (Å²) in [6.45, 7) is 4.51. The molecule has 3 aromatic carbocycles. The third-order valence-electron chi connectivity index (χ3n) is 6.21. The summed E-state index contributed by atoms with van der Waals surface area (Å²) in [5, 5.41) is 4.76. The fourth-order valence-electron chi connectivity index (χ4n) is 4.27. The zero-order valence-electron chi connectivity index (χ0n) is 19.4. The molecule has 176 valence electrons. The summed E-state index contributed by atoms with van der Waals surface area (Å²) in [5.74, 6) is -0.667. The summed E-state index contributed by atoms with van der Waals surface area (Å²) in [6.07, 6.45) is 1.85. The lowest BCUT2D eigenvalue weighted by Crippen LogP contribution is -2.51. The molecule has 0 fully saturated rings. The van der Waals surface area contributed by atoms with E-state index in [-0.39, 0.29) is 30.8 Å². The minimum absolute atomic E-state index is 0.129. The molecule has 0 aliphatic carbocycles. The van der Waals surface area contributed by atoms with Crippen LogP contribution in [0.25, 0.3) is 10.8 Å². The van der Waals surface area contributed by atoms with Crippen LogP contribution in [0.15, 0.2) is 65.1 Å². The maximum Gasteiger partial charge on any atom is 0.259 e. The Balaban J connectivity index is 1.59. The van der Waals surface area contributed by atoms with E-state index < -0.39 is 6.04 Å². The molecule has 0 radical (unpaired) electrons. The fourth-order valence-corrected chi connectivity index (χ4v) is 4.53. The lowest BCUT2D eigenvalue weighted by atomic mass is 10.1. The molecule has 1 heterocycles. The van der Waals surface area contributed by atoms with E-state index in [0.29, 0.717) is 12.1 Å². The molecular weight excluding hydrogens is 494 g/mol. The molecule has 3 amide bonds. The first-order chi connectivity index (χ1) is 16.4. The first kappa shape index (κ1) is 24.0. The van der Waals surface area contributed by atoms with Crippen molar-refractivity contribution in [3.8, 4) is 0 Å². The van der Waals surface area contributed by atoms with Crippen LogP contribution < -0.4 is 10.2 Å². The molecule has 1 N–H and O–H groups in total. The molecule has 1 atom stereocenters. The topological polar surface area (TPSA) is 69.7 Å². The predicted molar refractivity (Wildman–Crippen MR) is 138 cm³/mol. The van der Waals surface area contributed by atoms with Crippen molar-refractivity contribution in [3.05, 3.63) is 76.3 Å². The third kappa shape index (κ3) is 4.85. The molecule has 1 aliphatic heterocycles. The standard InChI is InChI=1S/C27H28BrN3O3/c1-3-4-15-29-26(33)18(2)30(16-19-11-13-21(28)14-12-19)24(32)17-31-23-10-6-8-20-7-5-9-22(25(20)23)27(31)34/h5-14,18H,3-4,15-17H2,1-2H3,(H,29,33). The molecular formula is C27H28BrN3O3. The summed E-state index contributed by atoms with van der Waals surface area (Å²) >= 11 is 3.43. The number of carbonyl (C=O) groups excluding carboxylic acids is 3. The summed E-state index contributed by atoms with van der Waals surface area (Å²) in [6, 6.07) is 18.3. The summed E-state index contributed by atoms with van der Waals surface area (Å²) in [4.78, 5) is 42.7. The molecule has 0 bridgehead atoms. The second-order valence-electron chi connectivity index (χ2n) is 8.54. The third-order valence-corrected chi connectivity index (χ3v) is 6.73. The molecule has 1 aliphatic rings. The van der Waals surface area contributed by atoms with E-state index in [4.69, 9.17) is 0 Å². The van der Waals surface area contributed by atoms with Crippen LogP contribution in [0.5, 0.6) is 0 Å². The van der Waals surface area contributed by atoms with Crippen LogP contribution in [0.2, 0.25) is 0 Å². The minimum atomic E-state index is -0.677. The van der Waals surface area contributed by atoms with Gasteiger partial charge in [-0.1, -0.05) is 65.7 Å². The number of hydrogen-bond acceptors (Lipinski definition) is 3. The highest BCUT2D eigenvalue weighted by Gasteiger charge is 2.34. The number of rotatable bonds is 9. The molecule has 6 nitrogen and oxygen atoms in total. The number of nitrogens with one attached hydrogen (secondary N) is 1. The van der Waals surface area contributed by atoms with Gasteiger partial charge in [0.1, 0.15) is 12.6 Å². The molecule has 0 aromatic heterocycles. The first-order valence-corrected chi connectivity index (χ1v) is 12.3. The van der Waals surface area contributed by atoms with Gasteiger partial charge in [0.15, 0.2) is 0 Å². The van der Waals surface area contributed by atoms with Crippen LogP contribution in [0.3, 0.4) is 0 Å². The van der Waals surface area contributed by atoms with Crippen molar-refractivity contribution in [1.82, 2.24) is 10.2 Å². The van der Waals surface area contributed by atoms with Crippen molar-refractivity contribution >= 4 is 50.1 Å². The van der Waals surface area contributed by atoms with Gasteiger partial charge in [0.05, 0.1) is 5.69 Å². The molecule has 34 heavy (non-hydrogen) atoms. The van der Waals surface area contributed by atoms with Crippen LogP contribution in [0.1, 0.15) is 42.6 Å². The van der Waals surface area contributed by atoms with Crippen molar-refractivity contribution in [2.75, 3.05) is 18.0 Å². The number of carbonyl (C=O) groups is 3. The zero-order chi connectivity index (χ0) is 24.2. The van der Waals surface area contributed by atoms with Gasteiger partial charge >= 0.3 is 0 Å². The van der Waals surface area contributed by atoms with Crippen LogP contribution in [-0.4, -0.2) is 41.8 Å². The van der Waals surface area contributed by atoms with Gasteiger partial charge in [-0.05, 0) is 48.6 Å². The molecule has 0 saturated heterocycles. The van der Waals surface area contributed by atoms with Gasteiger partial charge in [-0.2, -0.15) is 0 Å². The number of amides is 3. The second kappa shape index (κ2) is 10.4. The SMILES string of the molecule is CCCCNC(=O)C(C)N(Cc1ccc(Br)cc1)C(=O)CN1C(=O)c2cccc3cccc1c23. The van der Waals surface area contributed by atoms with Gasteiger partial charge in [0.25, 0.3) is 5.91 Å². The Morgan fingerprint density at radius 3 is 2.47 bits per heavy atom. The fraction of sp³-hybridized carbons (Fsp3) is 0.296. The number of anilines is 1. The maximum absolute atomic E-state index is 13.6. The Bertz CT molecular complexity index is 1220. The van der Waals surface area contributed by atoms with Crippen molar-refractivity contribution < 1.29 is 14.4 Å². The van der Waals surface area contributed by atoms with Gasteiger partial charge < -0.3 is 10.2 Å². The van der Waals surface area contributed by atoms with Crippen molar-refractivity contribution in [2.45, 2.75) is 39.3 Å². The number of unbranched alkanes of at least 4 members (excludes halogenated alkanes) is 1. The van der Waals surface area contributed by atoms with E-state index >= 15 is 0 Å². The van der Waals surface area contributed by atoms with Gasteiger partial charge in [0.2, 0.25) is 11.8 Å². The Morgan fingerprint density at radius 1 is 1.06 bits per heavy atom. The van der Waals surface area contributed by atoms with Crippen molar-refractivity contribution in [1.29, 1.82) is 0 Å². The summed E-state index contributed by atoms with van der Waals surface area (Å²) in [7, 11) is 0. The molecule has 4 rings (SSSR count). The predicted octanol–water partition coefficient (Wildman–Crippen LogP) is 4.90. The molecule has 7 heteroatoms. The van der Waals surface area contributed by atoms with Gasteiger partial charge in [-0.3, -0.25) is 19.3 Å². The smallest absolute Gasteiger partial charge is 0.259 e. The van der Waals surface area contributed by atoms with Crippen LogP contribution in [0.4, 0.5) is 5.69 Å². The Kier molecular flexibility index (Phi) is 7.32. The van der Waals surface area contributed by atoms with Gasteiger partial charge in [0, 0.05) is 28.5 Å². The molecule has 0 saturated carbocycles. The normalized spacial score (nSPS) is 13.3. The Morgan fingerprint density at radius 2 is 1.76 bits per heavy atom. The van der Waals surface area contributed by atoms with E-state index in [2.05, 4.69) is 28.2 Å². The minimum Gasteiger partial charge on any atom is -0.354 e. The van der Waals surface area contributed by atoms with Crippen molar-refractivity contribution in [3.63, 3.8) is 0 Å². The Hall–Kier alpha value is -3.19. The maximum atomic E-state index is 13.6. The number of halogens is 1. The summed E-state index contributed by atoms with van der Waals surface area (Å²) < 4.78 is 0.938. The van der Waals surface area contributed by atoms with Crippen molar-refractivity contribution in [2.24, 2.45) is 0 Å². The van der Waals surface area contributed by atoms with E-state index in [0.717, 1.165) is 39.3 Å². The molecule has 0 spiro atoms. The lowest BCUT2D eigenvalue weighted by molar-refractivity contribution is -0.139.